The maximum Gasteiger partial charge on any atom is 0.152 e. The van der Waals surface area contributed by atoms with Gasteiger partial charge in [0.2, 0.25) is 0 Å². The number of hydrogen-bond acceptors (Lipinski definition) is 3. The standard InChI is InChI=1S/C18H17N3O/c1-20(2)12-15(13-22)17-16-10-6-7-11-21(16)19-18(17)14-8-4-3-5-9-14/h3-13H,1-2H3. The highest BCUT2D eigenvalue weighted by atomic mass is 16.1. The van der Waals surface area contributed by atoms with Crippen molar-refractivity contribution in [2.45, 2.75) is 0 Å². The largest absolute Gasteiger partial charge is 0.383 e. The fraction of sp³-hybridized carbons (Fsp3) is 0.111. The molecule has 0 atom stereocenters. The average Bonchev–Trinajstić information content (AvgIpc) is 2.92. The van der Waals surface area contributed by atoms with Gasteiger partial charge in [0.05, 0.1) is 5.52 Å². The Morgan fingerprint density at radius 2 is 1.82 bits per heavy atom. The van der Waals surface area contributed by atoms with Crippen molar-refractivity contribution in [2.24, 2.45) is 0 Å². The summed E-state index contributed by atoms with van der Waals surface area (Å²) in [5, 5.41) is 4.66. The fourth-order valence-electron chi connectivity index (χ4n) is 2.51. The van der Waals surface area contributed by atoms with Crippen molar-refractivity contribution >= 4 is 17.4 Å². The molecule has 2 heterocycles. The van der Waals surface area contributed by atoms with Crippen LogP contribution >= 0.6 is 0 Å². The number of aromatic nitrogens is 2. The second-order valence-electron chi connectivity index (χ2n) is 5.29. The molecule has 0 bridgehead atoms. The summed E-state index contributed by atoms with van der Waals surface area (Å²) in [6.07, 6.45) is 4.60. The molecule has 4 heteroatoms. The molecule has 0 radical (unpaired) electrons. The van der Waals surface area contributed by atoms with Crippen molar-refractivity contribution < 1.29 is 4.79 Å². The molecule has 0 fully saturated rings. The van der Waals surface area contributed by atoms with Gasteiger partial charge in [-0.2, -0.15) is 5.10 Å². The summed E-state index contributed by atoms with van der Waals surface area (Å²) in [5.41, 5.74) is 4.20. The lowest BCUT2D eigenvalue weighted by Gasteiger charge is -2.08. The summed E-state index contributed by atoms with van der Waals surface area (Å²) in [7, 11) is 3.80. The number of pyridine rings is 1. The predicted octanol–water partition coefficient (Wildman–Crippen LogP) is 3.10. The maximum atomic E-state index is 11.6. The molecule has 3 aromatic rings. The van der Waals surface area contributed by atoms with Gasteiger partial charge in [-0.3, -0.25) is 4.79 Å². The maximum absolute atomic E-state index is 11.6. The first-order valence-corrected chi connectivity index (χ1v) is 7.07. The van der Waals surface area contributed by atoms with E-state index in [0.717, 1.165) is 28.6 Å². The number of carbonyl (C=O) groups is 1. The van der Waals surface area contributed by atoms with Crippen LogP contribution < -0.4 is 0 Å². The number of hydrogen-bond donors (Lipinski definition) is 0. The number of rotatable bonds is 4. The first-order valence-electron chi connectivity index (χ1n) is 7.07. The number of nitrogens with zero attached hydrogens (tertiary/aromatic N) is 3. The zero-order chi connectivity index (χ0) is 15.5. The highest BCUT2D eigenvalue weighted by Crippen LogP contribution is 2.31. The summed E-state index contributed by atoms with van der Waals surface area (Å²) in [6.45, 7) is 0. The molecule has 0 N–H and O–H groups in total. The van der Waals surface area contributed by atoms with Crippen LogP contribution in [0.2, 0.25) is 0 Å². The van der Waals surface area contributed by atoms with E-state index >= 15 is 0 Å². The molecule has 2 aromatic heterocycles. The van der Waals surface area contributed by atoms with Gasteiger partial charge in [-0.15, -0.1) is 0 Å². The quantitative estimate of drug-likeness (QED) is 0.547. The summed E-state index contributed by atoms with van der Waals surface area (Å²) >= 11 is 0. The zero-order valence-electron chi connectivity index (χ0n) is 12.6. The highest BCUT2D eigenvalue weighted by molar-refractivity contribution is 6.12. The molecule has 0 aliphatic rings. The first-order chi connectivity index (χ1) is 10.7. The topological polar surface area (TPSA) is 37.6 Å². The summed E-state index contributed by atoms with van der Waals surface area (Å²) < 4.78 is 1.81. The van der Waals surface area contributed by atoms with Crippen molar-refractivity contribution in [1.29, 1.82) is 0 Å². The molecule has 4 nitrogen and oxygen atoms in total. The molecule has 0 aliphatic heterocycles. The van der Waals surface area contributed by atoms with Gasteiger partial charge >= 0.3 is 0 Å². The van der Waals surface area contributed by atoms with Crippen LogP contribution in [-0.2, 0) is 4.79 Å². The Morgan fingerprint density at radius 3 is 2.50 bits per heavy atom. The molecule has 1 aromatic carbocycles. The summed E-state index contributed by atoms with van der Waals surface area (Å²) in [4.78, 5) is 13.5. The minimum absolute atomic E-state index is 0.616. The predicted molar refractivity (Wildman–Crippen MR) is 88.4 cm³/mol. The molecule has 110 valence electrons. The molecule has 0 amide bonds. The van der Waals surface area contributed by atoms with E-state index in [4.69, 9.17) is 0 Å². The fourth-order valence-corrected chi connectivity index (χ4v) is 2.51. The Hall–Kier alpha value is -2.88. The molecule has 0 unspecified atom stereocenters. The van der Waals surface area contributed by atoms with Crippen LogP contribution in [0.25, 0.3) is 22.3 Å². The van der Waals surface area contributed by atoms with E-state index in [2.05, 4.69) is 5.10 Å². The second-order valence-corrected chi connectivity index (χ2v) is 5.29. The number of benzene rings is 1. The summed E-state index contributed by atoms with van der Waals surface area (Å²) in [5.74, 6) is 0. The van der Waals surface area contributed by atoms with Crippen LogP contribution in [0, 0.1) is 0 Å². The van der Waals surface area contributed by atoms with E-state index in [0.29, 0.717) is 5.57 Å². The number of allylic oxidation sites excluding steroid dienone is 1. The summed E-state index contributed by atoms with van der Waals surface area (Å²) in [6, 6.07) is 15.8. The molecule has 0 aliphatic carbocycles. The Kier molecular flexibility index (Phi) is 3.74. The van der Waals surface area contributed by atoms with E-state index in [1.165, 1.54) is 0 Å². The molecule has 0 saturated heterocycles. The van der Waals surface area contributed by atoms with Gasteiger partial charge in [-0.05, 0) is 12.1 Å². The van der Waals surface area contributed by atoms with Crippen LogP contribution in [0.4, 0.5) is 0 Å². The van der Waals surface area contributed by atoms with Crippen molar-refractivity contribution in [3.8, 4) is 11.3 Å². The van der Waals surface area contributed by atoms with Gasteiger partial charge in [-0.1, -0.05) is 36.4 Å². The van der Waals surface area contributed by atoms with E-state index in [1.807, 2.05) is 84.4 Å². The molecular weight excluding hydrogens is 274 g/mol. The second kappa shape index (κ2) is 5.85. The Balaban J connectivity index is 2.33. The van der Waals surface area contributed by atoms with E-state index in [-0.39, 0.29) is 0 Å². The lowest BCUT2D eigenvalue weighted by atomic mass is 10.0. The highest BCUT2D eigenvalue weighted by Gasteiger charge is 2.17. The van der Waals surface area contributed by atoms with E-state index in [1.54, 1.807) is 0 Å². The van der Waals surface area contributed by atoms with Crippen molar-refractivity contribution in [3.05, 3.63) is 66.5 Å². The SMILES string of the molecule is CN(C)C=C(C=O)c1c(-c2ccccc2)nn2ccccc12. The molecule has 0 saturated carbocycles. The lowest BCUT2D eigenvalue weighted by molar-refractivity contribution is -0.103. The van der Waals surface area contributed by atoms with Gasteiger partial charge in [-0.25, -0.2) is 4.52 Å². The minimum atomic E-state index is 0.616. The van der Waals surface area contributed by atoms with Crippen LogP contribution in [0.1, 0.15) is 5.56 Å². The Bertz CT molecular complexity index is 832. The third kappa shape index (κ3) is 2.51. The normalized spacial score (nSPS) is 11.6. The third-order valence-electron chi connectivity index (χ3n) is 3.40. The molecule has 0 spiro atoms. The lowest BCUT2D eigenvalue weighted by Crippen LogP contribution is -2.03. The third-order valence-corrected chi connectivity index (χ3v) is 3.40. The monoisotopic (exact) mass is 291 g/mol. The molecule has 22 heavy (non-hydrogen) atoms. The van der Waals surface area contributed by atoms with Gasteiger partial charge < -0.3 is 4.90 Å². The first kappa shape index (κ1) is 14.1. The molecule has 3 rings (SSSR count). The molecular formula is C18H17N3O. The Morgan fingerprint density at radius 1 is 1.09 bits per heavy atom. The number of aldehydes is 1. The van der Waals surface area contributed by atoms with E-state index in [9.17, 15) is 4.79 Å². The van der Waals surface area contributed by atoms with Crippen molar-refractivity contribution in [1.82, 2.24) is 14.5 Å². The smallest absolute Gasteiger partial charge is 0.152 e. The minimum Gasteiger partial charge on any atom is -0.383 e. The van der Waals surface area contributed by atoms with Gasteiger partial charge in [0.1, 0.15) is 5.69 Å². The van der Waals surface area contributed by atoms with Gasteiger partial charge in [0.15, 0.2) is 6.29 Å². The van der Waals surface area contributed by atoms with Gasteiger partial charge in [0.25, 0.3) is 0 Å². The van der Waals surface area contributed by atoms with Crippen molar-refractivity contribution in [2.75, 3.05) is 14.1 Å². The van der Waals surface area contributed by atoms with Crippen LogP contribution in [-0.4, -0.2) is 34.9 Å². The van der Waals surface area contributed by atoms with Gasteiger partial charge in [0, 0.05) is 43.2 Å². The Labute approximate surface area is 129 Å². The van der Waals surface area contributed by atoms with Crippen LogP contribution in [0.5, 0.6) is 0 Å². The number of carbonyl (C=O) groups excluding carboxylic acids is 1. The van der Waals surface area contributed by atoms with E-state index < -0.39 is 0 Å². The van der Waals surface area contributed by atoms with Crippen molar-refractivity contribution in [3.63, 3.8) is 0 Å². The van der Waals surface area contributed by atoms with Crippen LogP contribution in [0.3, 0.4) is 0 Å². The zero-order valence-corrected chi connectivity index (χ0v) is 12.6. The van der Waals surface area contributed by atoms with Crippen LogP contribution in [0.15, 0.2) is 60.9 Å². The average molecular weight is 291 g/mol. The number of fused-ring (bicyclic) bond motifs is 1.